The highest BCUT2D eigenvalue weighted by Crippen LogP contribution is 2.35. The van der Waals surface area contributed by atoms with Crippen molar-refractivity contribution in [3.8, 4) is 28.2 Å². The maximum Gasteiger partial charge on any atom is 0.222 e. The average molecular weight is 419 g/mol. The fraction of sp³-hybridized carbons (Fsp3) is 0.0909. The number of nitrogens with one attached hydrogen (secondary N) is 1. The number of nitrogens with two attached hydrogens (primary N) is 1. The standard InChI is InChI=1S/C22H19ClN6O/c1-13-11-25-21(26-14(2)30)10-19(13)29-12-16(18-8-5-9-20(24)27-18)22(28-29)15-6-3-4-7-17(15)23/h3-12H,1-2H3,(H2,24,27)(H,25,26,30). The molecule has 0 radical (unpaired) electrons. The van der Waals surface area contributed by atoms with Crippen LogP contribution in [0.15, 0.2) is 60.9 Å². The summed E-state index contributed by atoms with van der Waals surface area (Å²) in [6.07, 6.45) is 3.57. The third-order valence-electron chi connectivity index (χ3n) is 4.52. The van der Waals surface area contributed by atoms with E-state index in [0.29, 0.717) is 28.0 Å². The van der Waals surface area contributed by atoms with Crippen molar-refractivity contribution in [2.24, 2.45) is 0 Å². The van der Waals surface area contributed by atoms with Crippen molar-refractivity contribution in [2.75, 3.05) is 11.1 Å². The van der Waals surface area contributed by atoms with Crippen LogP contribution in [0.3, 0.4) is 0 Å². The fourth-order valence-electron chi connectivity index (χ4n) is 3.15. The third-order valence-corrected chi connectivity index (χ3v) is 4.85. The number of nitrogens with zero attached hydrogens (tertiary/aromatic N) is 4. The Labute approximate surface area is 178 Å². The maximum atomic E-state index is 11.4. The van der Waals surface area contributed by atoms with Gasteiger partial charge in [-0.1, -0.05) is 35.9 Å². The zero-order valence-electron chi connectivity index (χ0n) is 16.4. The Hall–Kier alpha value is -3.71. The molecule has 3 heterocycles. The van der Waals surface area contributed by atoms with Gasteiger partial charge in [0.1, 0.15) is 17.3 Å². The molecule has 3 aromatic heterocycles. The Balaban J connectivity index is 1.92. The van der Waals surface area contributed by atoms with Gasteiger partial charge < -0.3 is 11.1 Å². The number of rotatable bonds is 4. The second-order valence-electron chi connectivity index (χ2n) is 6.80. The molecule has 0 aliphatic heterocycles. The molecule has 0 aliphatic carbocycles. The summed E-state index contributed by atoms with van der Waals surface area (Å²) >= 11 is 6.47. The molecule has 30 heavy (non-hydrogen) atoms. The molecule has 0 saturated heterocycles. The number of anilines is 2. The maximum absolute atomic E-state index is 11.4. The van der Waals surface area contributed by atoms with Gasteiger partial charge in [0.2, 0.25) is 5.91 Å². The summed E-state index contributed by atoms with van der Waals surface area (Å²) in [7, 11) is 0. The van der Waals surface area contributed by atoms with Crippen LogP contribution in [0.4, 0.5) is 11.6 Å². The normalized spacial score (nSPS) is 10.8. The first kappa shape index (κ1) is 19.6. The first-order valence-electron chi connectivity index (χ1n) is 9.24. The SMILES string of the molecule is CC(=O)Nc1cc(-n2cc(-c3cccc(N)n3)c(-c3ccccc3Cl)n2)c(C)cn1. The predicted molar refractivity (Wildman–Crippen MR) is 118 cm³/mol. The van der Waals surface area contributed by atoms with Crippen LogP contribution >= 0.6 is 11.6 Å². The summed E-state index contributed by atoms with van der Waals surface area (Å²) in [5, 5.41) is 8.09. The number of nitrogen functional groups attached to an aromatic ring is 1. The van der Waals surface area contributed by atoms with Gasteiger partial charge in [-0.2, -0.15) is 5.10 Å². The molecule has 0 saturated carbocycles. The van der Waals surface area contributed by atoms with Crippen molar-refractivity contribution in [1.82, 2.24) is 19.7 Å². The first-order chi connectivity index (χ1) is 14.4. The summed E-state index contributed by atoms with van der Waals surface area (Å²) < 4.78 is 1.74. The Morgan fingerprint density at radius 3 is 2.67 bits per heavy atom. The van der Waals surface area contributed by atoms with Crippen LogP contribution in [-0.4, -0.2) is 25.7 Å². The van der Waals surface area contributed by atoms with E-state index in [1.165, 1.54) is 6.92 Å². The summed E-state index contributed by atoms with van der Waals surface area (Å²) in [5.41, 5.74) is 10.5. The van der Waals surface area contributed by atoms with E-state index in [0.717, 1.165) is 22.4 Å². The lowest BCUT2D eigenvalue weighted by Gasteiger charge is -2.08. The number of amides is 1. The molecule has 1 aromatic carbocycles. The monoisotopic (exact) mass is 418 g/mol. The largest absolute Gasteiger partial charge is 0.384 e. The molecule has 0 atom stereocenters. The van der Waals surface area contributed by atoms with E-state index in [9.17, 15) is 4.79 Å². The highest BCUT2D eigenvalue weighted by atomic mass is 35.5. The van der Waals surface area contributed by atoms with Crippen molar-refractivity contribution in [1.29, 1.82) is 0 Å². The number of halogens is 1. The van der Waals surface area contributed by atoms with Crippen molar-refractivity contribution in [3.63, 3.8) is 0 Å². The van der Waals surface area contributed by atoms with Crippen molar-refractivity contribution < 1.29 is 4.79 Å². The smallest absolute Gasteiger partial charge is 0.222 e. The van der Waals surface area contributed by atoms with Gasteiger partial charge >= 0.3 is 0 Å². The number of carbonyl (C=O) groups is 1. The predicted octanol–water partition coefficient (Wildman–Crippen LogP) is 4.50. The summed E-state index contributed by atoms with van der Waals surface area (Å²) in [5.74, 6) is 0.666. The number of hydrogen-bond acceptors (Lipinski definition) is 5. The third kappa shape index (κ3) is 3.88. The molecule has 0 aliphatic rings. The van der Waals surface area contributed by atoms with Crippen LogP contribution in [0.5, 0.6) is 0 Å². The molecule has 1 amide bonds. The Bertz CT molecular complexity index is 1250. The Morgan fingerprint density at radius 1 is 1.13 bits per heavy atom. The zero-order chi connectivity index (χ0) is 21.3. The van der Waals surface area contributed by atoms with E-state index < -0.39 is 0 Å². The van der Waals surface area contributed by atoms with E-state index in [2.05, 4.69) is 15.3 Å². The van der Waals surface area contributed by atoms with E-state index in [1.54, 1.807) is 23.0 Å². The van der Waals surface area contributed by atoms with Crippen LogP contribution in [0, 0.1) is 6.92 Å². The van der Waals surface area contributed by atoms with Crippen LogP contribution < -0.4 is 11.1 Å². The van der Waals surface area contributed by atoms with E-state index >= 15 is 0 Å². The fourth-order valence-corrected chi connectivity index (χ4v) is 3.37. The van der Waals surface area contributed by atoms with Gasteiger partial charge in [0.05, 0.1) is 16.4 Å². The lowest BCUT2D eigenvalue weighted by Crippen LogP contribution is -2.09. The summed E-state index contributed by atoms with van der Waals surface area (Å²) in [4.78, 5) is 20.1. The molecule has 4 aromatic rings. The zero-order valence-corrected chi connectivity index (χ0v) is 17.2. The number of aromatic nitrogens is 4. The molecule has 150 valence electrons. The molecule has 3 N–H and O–H groups in total. The van der Waals surface area contributed by atoms with Crippen LogP contribution in [0.1, 0.15) is 12.5 Å². The number of benzene rings is 1. The first-order valence-corrected chi connectivity index (χ1v) is 9.62. The Kier molecular flexibility index (Phi) is 5.20. The molecule has 4 rings (SSSR count). The average Bonchev–Trinajstić information content (AvgIpc) is 3.14. The van der Waals surface area contributed by atoms with Crippen LogP contribution in [0.2, 0.25) is 5.02 Å². The van der Waals surface area contributed by atoms with Gasteiger partial charge in [-0.3, -0.25) is 4.79 Å². The van der Waals surface area contributed by atoms with Gasteiger partial charge in [-0.15, -0.1) is 0 Å². The number of aryl methyl sites for hydroxylation is 1. The molecule has 8 heteroatoms. The summed E-state index contributed by atoms with van der Waals surface area (Å²) in [6, 6.07) is 14.7. The van der Waals surface area contributed by atoms with Gasteiger partial charge in [-0.05, 0) is 30.7 Å². The quantitative estimate of drug-likeness (QED) is 0.508. The molecule has 0 bridgehead atoms. The minimum absolute atomic E-state index is 0.195. The van der Waals surface area contributed by atoms with Gasteiger partial charge in [0.15, 0.2) is 0 Å². The summed E-state index contributed by atoms with van der Waals surface area (Å²) in [6.45, 7) is 3.36. The second kappa shape index (κ2) is 7.96. The molecule has 0 fully saturated rings. The Morgan fingerprint density at radius 2 is 1.93 bits per heavy atom. The van der Waals surface area contributed by atoms with Crippen molar-refractivity contribution in [2.45, 2.75) is 13.8 Å². The number of carbonyl (C=O) groups excluding carboxylic acids is 1. The van der Waals surface area contributed by atoms with Gasteiger partial charge in [0, 0.05) is 36.5 Å². The molecular weight excluding hydrogens is 400 g/mol. The lowest BCUT2D eigenvalue weighted by molar-refractivity contribution is -0.114. The molecular formula is C22H19ClN6O. The second-order valence-corrected chi connectivity index (χ2v) is 7.21. The van der Waals surface area contributed by atoms with Crippen LogP contribution in [-0.2, 0) is 4.79 Å². The molecule has 0 unspecified atom stereocenters. The molecule has 0 spiro atoms. The van der Waals surface area contributed by atoms with E-state index in [-0.39, 0.29) is 5.91 Å². The van der Waals surface area contributed by atoms with Gasteiger partial charge in [-0.25, -0.2) is 14.6 Å². The van der Waals surface area contributed by atoms with Crippen molar-refractivity contribution in [3.05, 3.63) is 71.5 Å². The van der Waals surface area contributed by atoms with Crippen LogP contribution in [0.25, 0.3) is 28.2 Å². The minimum atomic E-state index is -0.195. The molecule has 7 nitrogen and oxygen atoms in total. The lowest BCUT2D eigenvalue weighted by atomic mass is 10.1. The highest BCUT2D eigenvalue weighted by molar-refractivity contribution is 6.33. The number of hydrogen-bond donors (Lipinski definition) is 2. The van der Waals surface area contributed by atoms with Crippen molar-refractivity contribution >= 4 is 29.1 Å². The van der Waals surface area contributed by atoms with Gasteiger partial charge in [0.25, 0.3) is 0 Å². The minimum Gasteiger partial charge on any atom is -0.384 e. The number of pyridine rings is 2. The van der Waals surface area contributed by atoms with E-state index in [1.807, 2.05) is 49.5 Å². The topological polar surface area (TPSA) is 98.7 Å². The van der Waals surface area contributed by atoms with E-state index in [4.69, 9.17) is 22.4 Å². The highest BCUT2D eigenvalue weighted by Gasteiger charge is 2.18.